The van der Waals surface area contributed by atoms with E-state index in [1.807, 2.05) is 6.92 Å². The van der Waals surface area contributed by atoms with Crippen molar-refractivity contribution >= 4 is 51.5 Å². The minimum atomic E-state index is -1.11. The Morgan fingerprint density at radius 2 is 1.00 bits per heavy atom. The third-order valence-corrected chi connectivity index (χ3v) is 13.9. The van der Waals surface area contributed by atoms with Crippen LogP contribution in [0.4, 0.5) is 35.1 Å². The minimum Gasteiger partial charge on any atom is -0.478 e. The number of rotatable bonds is 21. The molecule has 1 amide bonds. The standard InChI is InChI=1S/C33H33F2N7O2.C28H29F2N5O3/c1-4-41(5-2)18-8-17-37-33-39-29(25-19-22(13-12-21(25)3)32(44)38-23-9-7-16-36-20-23)24-14-15-28(43)42(31(24)40-33)30-26(34)10-6-11-27(30)35;1-4-34(5-2)15-7-14-31-28-32-24(20-16-18(27(37)38)11-10-17(20)3)19-12-13-23(36)35(26(19)33-28)25-21(29)8-6-9-22(25)30/h6-7,9-16,19-20H,4-5,8,17-18H2,1-3H3,(H,38,44)(H,37,39,40);6,8-13,16H,4-5,7,14-15H2,1-3H3,(H,37,38)(H,31,32,33). The lowest BCUT2D eigenvalue weighted by molar-refractivity contribution is 0.0696. The van der Waals surface area contributed by atoms with Gasteiger partial charge in [0.2, 0.25) is 11.9 Å². The summed E-state index contributed by atoms with van der Waals surface area (Å²) in [6.07, 6.45) is 4.74. The molecule has 0 unspecified atom stereocenters. The molecule has 0 atom stereocenters. The zero-order valence-corrected chi connectivity index (χ0v) is 46.2. The van der Waals surface area contributed by atoms with E-state index in [0.717, 1.165) is 96.6 Å². The number of aromatic carboxylic acids is 1. The number of carboxylic acid groups (broad SMARTS) is 1. The Kier molecular flexibility index (Phi) is 19.3. The van der Waals surface area contributed by atoms with Crippen LogP contribution in [0.3, 0.4) is 0 Å². The molecule has 0 spiro atoms. The molecule has 0 aliphatic heterocycles. The quantitative estimate of drug-likeness (QED) is 0.0390. The predicted octanol–water partition coefficient (Wildman–Crippen LogP) is 10.7. The van der Waals surface area contributed by atoms with Gasteiger partial charge < -0.3 is 30.9 Å². The monoisotopic (exact) mass is 1120 g/mol. The van der Waals surface area contributed by atoms with Gasteiger partial charge in [0.1, 0.15) is 34.6 Å². The Morgan fingerprint density at radius 1 is 0.561 bits per heavy atom. The van der Waals surface area contributed by atoms with E-state index in [4.69, 9.17) is 4.98 Å². The van der Waals surface area contributed by atoms with Crippen molar-refractivity contribution in [3.05, 3.63) is 188 Å². The number of hydrogen-bond donors (Lipinski definition) is 4. The zero-order valence-electron chi connectivity index (χ0n) is 46.2. The van der Waals surface area contributed by atoms with Gasteiger partial charge in [0, 0.05) is 58.9 Å². The molecule has 4 N–H and O–H groups in total. The van der Waals surface area contributed by atoms with Crippen molar-refractivity contribution in [2.45, 2.75) is 54.4 Å². The normalized spacial score (nSPS) is 11.3. The lowest BCUT2D eigenvalue weighted by atomic mass is 9.99. The van der Waals surface area contributed by atoms with Gasteiger partial charge in [-0.3, -0.25) is 28.5 Å². The minimum absolute atomic E-state index is 0.00197. The number of fused-ring (bicyclic) bond motifs is 2. The molecule has 21 heteroatoms. The van der Waals surface area contributed by atoms with Gasteiger partial charge in [0.15, 0.2) is 11.3 Å². The number of hydrogen-bond acceptors (Lipinski definition) is 13. The summed E-state index contributed by atoms with van der Waals surface area (Å²) in [5, 5.41) is 19.5. The van der Waals surface area contributed by atoms with Crippen LogP contribution >= 0.6 is 0 Å². The number of pyridine rings is 3. The highest BCUT2D eigenvalue weighted by molar-refractivity contribution is 6.06. The second kappa shape index (κ2) is 26.8. The van der Waals surface area contributed by atoms with Crippen LogP contribution in [0.25, 0.3) is 56.0 Å². The van der Waals surface area contributed by atoms with Crippen LogP contribution in [0.15, 0.2) is 131 Å². The van der Waals surface area contributed by atoms with E-state index in [1.165, 1.54) is 48.5 Å². The first-order valence-electron chi connectivity index (χ1n) is 26.9. The Morgan fingerprint density at radius 3 is 1.41 bits per heavy atom. The maximum atomic E-state index is 15.0. The number of amides is 1. The number of benzene rings is 4. The lowest BCUT2D eigenvalue weighted by Gasteiger charge is -2.18. The number of carboxylic acids is 1. The number of nitrogens with zero attached hydrogens (tertiary/aromatic N) is 9. The van der Waals surface area contributed by atoms with E-state index in [1.54, 1.807) is 55.7 Å². The summed E-state index contributed by atoms with van der Waals surface area (Å²) >= 11 is 0. The van der Waals surface area contributed by atoms with Crippen molar-refractivity contribution in [1.29, 1.82) is 0 Å². The molecule has 0 aliphatic rings. The van der Waals surface area contributed by atoms with E-state index in [-0.39, 0.29) is 34.7 Å². The maximum Gasteiger partial charge on any atom is 0.335 e. The Labute approximate surface area is 470 Å². The molecule has 0 bridgehead atoms. The van der Waals surface area contributed by atoms with Gasteiger partial charge in [-0.05, 0) is 150 Å². The first-order chi connectivity index (χ1) is 39.5. The number of carbonyl (C=O) groups excluding carboxylic acids is 1. The SMILES string of the molecule is CCN(CC)CCCNc1nc(-c2cc(C(=O)Nc3cccnc3)ccc2C)c2ccc(=O)n(-c3c(F)cccc3F)c2n1.CCN(CC)CCCNc1nc(-c2cc(C(=O)O)ccc2C)c2ccc(=O)n(-c3c(F)cccc3F)c2n1. The fraction of sp³-hybridized carbons (Fsp3) is 0.262. The molecule has 0 saturated carbocycles. The van der Waals surface area contributed by atoms with E-state index < -0.39 is 51.7 Å². The maximum absolute atomic E-state index is 15.0. The molecule has 0 saturated heterocycles. The molecule has 17 nitrogen and oxygen atoms in total. The molecule has 5 aromatic heterocycles. The number of carbonyl (C=O) groups is 2. The molecule has 424 valence electrons. The zero-order chi connectivity index (χ0) is 58.6. The van der Waals surface area contributed by atoms with Crippen molar-refractivity contribution in [2.24, 2.45) is 0 Å². The van der Waals surface area contributed by atoms with E-state index >= 15 is 8.78 Å². The fourth-order valence-corrected chi connectivity index (χ4v) is 9.39. The number of anilines is 3. The van der Waals surface area contributed by atoms with Gasteiger partial charge in [-0.15, -0.1) is 0 Å². The lowest BCUT2D eigenvalue weighted by Crippen LogP contribution is -2.25. The number of aromatic nitrogens is 7. The van der Waals surface area contributed by atoms with Crippen LogP contribution in [-0.2, 0) is 0 Å². The van der Waals surface area contributed by atoms with Gasteiger partial charge >= 0.3 is 5.97 Å². The second-order valence-electron chi connectivity index (χ2n) is 19.1. The number of para-hydroxylation sites is 2. The van der Waals surface area contributed by atoms with Gasteiger partial charge in [0.05, 0.1) is 28.8 Å². The summed E-state index contributed by atoms with van der Waals surface area (Å²) in [4.78, 5) is 78.1. The van der Waals surface area contributed by atoms with Crippen LogP contribution in [-0.4, -0.2) is 113 Å². The van der Waals surface area contributed by atoms with Crippen LogP contribution in [0, 0.1) is 37.1 Å². The van der Waals surface area contributed by atoms with E-state index in [2.05, 4.69) is 73.4 Å². The second-order valence-corrected chi connectivity index (χ2v) is 19.1. The molecule has 0 radical (unpaired) electrons. The highest BCUT2D eigenvalue weighted by atomic mass is 19.1. The summed E-state index contributed by atoms with van der Waals surface area (Å²) in [6, 6.07) is 25.5. The van der Waals surface area contributed by atoms with Crippen LogP contribution in [0.2, 0.25) is 0 Å². The number of nitrogens with one attached hydrogen (secondary N) is 3. The highest BCUT2D eigenvalue weighted by Gasteiger charge is 2.24. The van der Waals surface area contributed by atoms with Crippen molar-refractivity contribution < 1.29 is 32.3 Å². The summed E-state index contributed by atoms with van der Waals surface area (Å²) in [6.45, 7) is 18.5. The molecular formula is C61H62F4N12O5. The third kappa shape index (κ3) is 13.3. The molecule has 9 rings (SSSR count). The summed E-state index contributed by atoms with van der Waals surface area (Å²) in [5.74, 6) is -4.76. The number of halogens is 4. The average Bonchev–Trinajstić information content (AvgIpc) is 3.65. The van der Waals surface area contributed by atoms with E-state index in [0.29, 0.717) is 57.6 Å². The molecule has 0 aliphatic carbocycles. The molecule has 82 heavy (non-hydrogen) atoms. The highest BCUT2D eigenvalue weighted by Crippen LogP contribution is 2.34. The largest absolute Gasteiger partial charge is 0.478 e. The van der Waals surface area contributed by atoms with Crippen molar-refractivity contribution in [3.63, 3.8) is 0 Å². The van der Waals surface area contributed by atoms with Crippen LogP contribution < -0.4 is 27.1 Å². The third-order valence-electron chi connectivity index (χ3n) is 13.9. The van der Waals surface area contributed by atoms with Gasteiger partial charge in [-0.25, -0.2) is 32.3 Å². The van der Waals surface area contributed by atoms with Crippen LogP contribution in [0.1, 0.15) is 72.4 Å². The first-order valence-corrected chi connectivity index (χ1v) is 26.9. The molecular weight excluding hydrogens is 1060 g/mol. The van der Waals surface area contributed by atoms with E-state index in [9.17, 15) is 33.1 Å². The van der Waals surface area contributed by atoms with Crippen molar-refractivity contribution in [1.82, 2.24) is 43.9 Å². The van der Waals surface area contributed by atoms with Crippen molar-refractivity contribution in [3.8, 4) is 33.9 Å². The van der Waals surface area contributed by atoms with Gasteiger partial charge in [-0.2, -0.15) is 9.97 Å². The molecule has 4 aromatic carbocycles. The first kappa shape index (κ1) is 58.9. The summed E-state index contributed by atoms with van der Waals surface area (Å²) < 4.78 is 61.6. The number of aryl methyl sites for hydroxylation is 2. The Bertz CT molecular complexity index is 3870. The fourth-order valence-electron chi connectivity index (χ4n) is 9.39. The van der Waals surface area contributed by atoms with Gasteiger partial charge in [-0.1, -0.05) is 52.0 Å². The van der Waals surface area contributed by atoms with Gasteiger partial charge in [0.25, 0.3) is 17.0 Å². The Hall–Kier alpha value is -9.21. The average molecular weight is 1120 g/mol. The topological polar surface area (TPSA) is 205 Å². The van der Waals surface area contributed by atoms with Crippen LogP contribution in [0.5, 0.6) is 0 Å². The summed E-state index contributed by atoms with van der Waals surface area (Å²) in [7, 11) is 0. The summed E-state index contributed by atoms with van der Waals surface area (Å²) in [5.41, 5.74) is 1.97. The molecule has 9 aromatic rings. The smallest absolute Gasteiger partial charge is 0.335 e. The molecule has 0 fully saturated rings. The molecule has 5 heterocycles. The Balaban J connectivity index is 0.000000217. The van der Waals surface area contributed by atoms with Crippen molar-refractivity contribution in [2.75, 3.05) is 68.3 Å². The predicted molar refractivity (Wildman–Crippen MR) is 311 cm³/mol.